The molecule has 2 aliphatic rings. The van der Waals surface area contributed by atoms with Gasteiger partial charge in [-0.3, -0.25) is 0 Å². The third kappa shape index (κ3) is 1.50. The van der Waals surface area contributed by atoms with Gasteiger partial charge in [-0.2, -0.15) is 5.26 Å². The fourth-order valence-corrected chi connectivity index (χ4v) is 2.12. The monoisotopic (exact) mass is 237 g/mol. The average Bonchev–Trinajstić information content (AvgIpc) is 2.35. The Kier molecular flexibility index (Phi) is 2.22. The predicted octanol–water partition coefficient (Wildman–Crippen LogP) is 1.72. The summed E-state index contributed by atoms with van der Waals surface area (Å²) in [5, 5.41) is 9.32. The average molecular weight is 237 g/mol. The molecule has 0 radical (unpaired) electrons. The molecule has 1 aromatic carbocycles. The maximum Gasteiger partial charge on any atom is 0.138 e. The van der Waals surface area contributed by atoms with Crippen molar-refractivity contribution in [3.05, 3.63) is 53.3 Å². The van der Waals surface area contributed by atoms with Crippen molar-refractivity contribution in [1.82, 2.24) is 0 Å². The Morgan fingerprint density at radius 3 is 2.94 bits per heavy atom. The van der Waals surface area contributed by atoms with E-state index in [-0.39, 0.29) is 6.04 Å². The molecule has 4 N–H and O–H groups in total. The van der Waals surface area contributed by atoms with Crippen molar-refractivity contribution in [2.24, 2.45) is 5.73 Å². The molecular weight excluding hydrogens is 226 g/mol. The number of nitrogens with two attached hydrogens (primary N) is 2. The van der Waals surface area contributed by atoms with Crippen LogP contribution in [0.5, 0.6) is 5.75 Å². The van der Waals surface area contributed by atoms with Crippen LogP contribution in [0.1, 0.15) is 5.56 Å². The highest BCUT2D eigenvalue weighted by Crippen LogP contribution is 2.40. The van der Waals surface area contributed by atoms with Gasteiger partial charge in [0.15, 0.2) is 0 Å². The number of anilines is 1. The van der Waals surface area contributed by atoms with Gasteiger partial charge >= 0.3 is 0 Å². The van der Waals surface area contributed by atoms with Gasteiger partial charge in [0.1, 0.15) is 17.6 Å². The van der Waals surface area contributed by atoms with Gasteiger partial charge in [0.05, 0.1) is 5.57 Å². The quantitative estimate of drug-likeness (QED) is 0.673. The van der Waals surface area contributed by atoms with Crippen LogP contribution in [0, 0.1) is 11.3 Å². The van der Waals surface area contributed by atoms with Crippen LogP contribution >= 0.6 is 0 Å². The summed E-state index contributed by atoms with van der Waals surface area (Å²) in [5.74, 6) is 1.23. The van der Waals surface area contributed by atoms with Crippen LogP contribution in [0.25, 0.3) is 5.57 Å². The second-order valence-corrected chi connectivity index (χ2v) is 4.23. The van der Waals surface area contributed by atoms with Gasteiger partial charge < -0.3 is 16.2 Å². The van der Waals surface area contributed by atoms with Crippen LogP contribution < -0.4 is 16.2 Å². The van der Waals surface area contributed by atoms with E-state index < -0.39 is 0 Å². The van der Waals surface area contributed by atoms with Crippen molar-refractivity contribution in [2.75, 3.05) is 5.73 Å². The number of benzene rings is 1. The molecule has 1 unspecified atom stereocenters. The second kappa shape index (κ2) is 3.76. The summed E-state index contributed by atoms with van der Waals surface area (Å²) in [6, 6.07) is 7.31. The Bertz CT molecular complexity index is 662. The van der Waals surface area contributed by atoms with Gasteiger partial charge in [0, 0.05) is 28.9 Å². The normalized spacial score (nSPS) is 20.4. The van der Waals surface area contributed by atoms with Crippen LogP contribution in [0.4, 0.5) is 5.69 Å². The summed E-state index contributed by atoms with van der Waals surface area (Å²) in [6.07, 6.45) is 5.46. The minimum absolute atomic E-state index is 0.189. The lowest BCUT2D eigenvalue weighted by Gasteiger charge is -2.24. The van der Waals surface area contributed by atoms with E-state index >= 15 is 0 Å². The summed E-state index contributed by atoms with van der Waals surface area (Å²) in [5.41, 5.74) is 14.3. The summed E-state index contributed by atoms with van der Waals surface area (Å²) in [6.45, 7) is 0. The zero-order valence-corrected chi connectivity index (χ0v) is 9.55. The fraction of sp³-hybridized carbons (Fsp3) is 0.0714. The number of hydrogen-bond acceptors (Lipinski definition) is 4. The van der Waals surface area contributed by atoms with Crippen molar-refractivity contribution in [3.8, 4) is 11.8 Å². The third-order valence-corrected chi connectivity index (χ3v) is 2.97. The maximum atomic E-state index is 9.32. The number of nitriles is 1. The summed E-state index contributed by atoms with van der Waals surface area (Å²) < 4.78 is 5.76. The zero-order chi connectivity index (χ0) is 12.7. The number of fused-ring (bicyclic) bond motifs is 2. The minimum Gasteiger partial charge on any atom is -0.456 e. The first-order valence-corrected chi connectivity index (χ1v) is 5.57. The van der Waals surface area contributed by atoms with Gasteiger partial charge in [-0.1, -0.05) is 12.2 Å². The topological polar surface area (TPSA) is 85.1 Å². The van der Waals surface area contributed by atoms with Gasteiger partial charge in [-0.05, 0) is 18.2 Å². The first-order valence-electron chi connectivity index (χ1n) is 5.57. The first-order chi connectivity index (χ1) is 8.69. The van der Waals surface area contributed by atoms with E-state index in [0.717, 1.165) is 11.1 Å². The molecule has 0 aromatic heterocycles. The standard InChI is InChI=1S/C14H11N3O/c15-7-12-10-3-1-8(16)5-13(10)18-14-6-9(17)2-4-11(12)14/h1-6,8H,16-17H2. The van der Waals surface area contributed by atoms with E-state index in [2.05, 4.69) is 6.07 Å². The molecular formula is C14H11N3O. The Labute approximate surface area is 104 Å². The fourth-order valence-electron chi connectivity index (χ4n) is 2.12. The molecule has 88 valence electrons. The molecule has 4 nitrogen and oxygen atoms in total. The van der Waals surface area contributed by atoms with Crippen molar-refractivity contribution in [2.45, 2.75) is 6.04 Å². The Morgan fingerprint density at radius 1 is 1.33 bits per heavy atom. The molecule has 1 heterocycles. The van der Waals surface area contributed by atoms with Crippen molar-refractivity contribution < 1.29 is 4.74 Å². The largest absolute Gasteiger partial charge is 0.456 e. The molecule has 0 bridgehead atoms. The molecule has 1 aliphatic heterocycles. The van der Waals surface area contributed by atoms with Gasteiger partial charge in [-0.25, -0.2) is 0 Å². The molecule has 18 heavy (non-hydrogen) atoms. The van der Waals surface area contributed by atoms with E-state index in [1.54, 1.807) is 24.3 Å². The van der Waals surface area contributed by atoms with Crippen molar-refractivity contribution >= 4 is 11.3 Å². The molecule has 0 saturated carbocycles. The van der Waals surface area contributed by atoms with E-state index in [0.29, 0.717) is 22.8 Å². The number of hydrogen-bond donors (Lipinski definition) is 2. The number of nitrogens with zero attached hydrogens (tertiary/aromatic N) is 1. The molecule has 0 saturated heterocycles. The first kappa shape index (κ1) is 10.6. The Morgan fingerprint density at radius 2 is 2.17 bits per heavy atom. The minimum atomic E-state index is -0.189. The van der Waals surface area contributed by atoms with Crippen LogP contribution in [0.3, 0.4) is 0 Å². The highest BCUT2D eigenvalue weighted by molar-refractivity contribution is 5.89. The highest BCUT2D eigenvalue weighted by Gasteiger charge is 2.25. The molecule has 1 aromatic rings. The molecule has 0 fully saturated rings. The van der Waals surface area contributed by atoms with E-state index in [1.165, 1.54) is 0 Å². The highest BCUT2D eigenvalue weighted by atomic mass is 16.5. The number of nitrogen functional groups attached to an aromatic ring is 1. The molecule has 4 heteroatoms. The SMILES string of the molecule is N#CC1=C2C=CC(N)C=C2Oc2cc(N)ccc21. The zero-order valence-electron chi connectivity index (χ0n) is 9.55. The predicted molar refractivity (Wildman–Crippen MR) is 69.2 cm³/mol. The van der Waals surface area contributed by atoms with Crippen LogP contribution in [0.2, 0.25) is 0 Å². The van der Waals surface area contributed by atoms with Crippen LogP contribution in [-0.2, 0) is 0 Å². The summed E-state index contributed by atoms with van der Waals surface area (Å²) in [7, 11) is 0. The summed E-state index contributed by atoms with van der Waals surface area (Å²) >= 11 is 0. The van der Waals surface area contributed by atoms with Crippen molar-refractivity contribution in [1.29, 1.82) is 5.26 Å². The smallest absolute Gasteiger partial charge is 0.138 e. The number of allylic oxidation sites excluding steroid dienone is 2. The second-order valence-electron chi connectivity index (χ2n) is 4.23. The molecule has 3 rings (SSSR count). The lowest BCUT2D eigenvalue weighted by molar-refractivity contribution is 0.428. The van der Waals surface area contributed by atoms with E-state index in [4.69, 9.17) is 16.2 Å². The Balaban J connectivity index is 2.26. The van der Waals surface area contributed by atoms with Gasteiger partial charge in [0.25, 0.3) is 0 Å². The van der Waals surface area contributed by atoms with Crippen LogP contribution in [0.15, 0.2) is 47.8 Å². The third-order valence-electron chi connectivity index (χ3n) is 2.97. The molecule has 0 amide bonds. The molecule has 1 atom stereocenters. The van der Waals surface area contributed by atoms with E-state index in [1.807, 2.05) is 12.2 Å². The van der Waals surface area contributed by atoms with Crippen LogP contribution in [-0.4, -0.2) is 6.04 Å². The Hall–Kier alpha value is -2.51. The summed E-state index contributed by atoms with van der Waals surface area (Å²) in [4.78, 5) is 0. The number of rotatable bonds is 0. The van der Waals surface area contributed by atoms with Gasteiger partial charge in [-0.15, -0.1) is 0 Å². The lowest BCUT2D eigenvalue weighted by Crippen LogP contribution is -2.21. The van der Waals surface area contributed by atoms with E-state index in [9.17, 15) is 5.26 Å². The van der Waals surface area contributed by atoms with Crippen molar-refractivity contribution in [3.63, 3.8) is 0 Å². The molecule has 1 aliphatic carbocycles. The van der Waals surface area contributed by atoms with Gasteiger partial charge in [0.2, 0.25) is 0 Å². The maximum absolute atomic E-state index is 9.32. The molecule has 0 spiro atoms. The lowest BCUT2D eigenvalue weighted by atomic mass is 9.92. The number of ether oxygens (including phenoxy) is 1.